The maximum atomic E-state index is 11.4. The molecule has 0 bridgehead atoms. The zero-order chi connectivity index (χ0) is 17.3. The third-order valence-corrected chi connectivity index (χ3v) is 5.19. The zero-order valence-corrected chi connectivity index (χ0v) is 14.9. The molecule has 1 saturated carbocycles. The lowest BCUT2D eigenvalue weighted by Crippen LogP contribution is -2.36. The molecule has 4 nitrogen and oxygen atoms in total. The van der Waals surface area contributed by atoms with Gasteiger partial charge in [-0.2, -0.15) is 0 Å². The third-order valence-electron chi connectivity index (χ3n) is 5.19. The summed E-state index contributed by atoms with van der Waals surface area (Å²) in [5.41, 5.74) is 2.15. The first kappa shape index (κ1) is 17.8. The molecule has 1 fully saturated rings. The van der Waals surface area contributed by atoms with Gasteiger partial charge in [0.05, 0.1) is 0 Å². The summed E-state index contributed by atoms with van der Waals surface area (Å²) in [6, 6.07) is 0. The van der Waals surface area contributed by atoms with Crippen LogP contribution in [0.1, 0.15) is 60.3 Å². The minimum absolute atomic E-state index is 0.111. The van der Waals surface area contributed by atoms with Crippen molar-refractivity contribution in [2.75, 3.05) is 6.61 Å². The molecule has 0 unspecified atom stereocenters. The van der Waals surface area contributed by atoms with Gasteiger partial charge in [-0.15, -0.1) is 0 Å². The molecular weight excluding hydrogens is 292 g/mol. The summed E-state index contributed by atoms with van der Waals surface area (Å²) in [7, 11) is 0. The molecule has 2 atom stereocenters. The van der Waals surface area contributed by atoms with E-state index >= 15 is 0 Å². The second kappa shape index (κ2) is 6.50. The molecule has 0 aromatic rings. The molecule has 0 heterocycles. The Morgan fingerprint density at radius 3 is 2.57 bits per heavy atom. The second-order valence-electron chi connectivity index (χ2n) is 7.56. The van der Waals surface area contributed by atoms with Crippen molar-refractivity contribution in [3.8, 4) is 0 Å². The number of carbonyl (C=O) groups is 2. The van der Waals surface area contributed by atoms with Crippen molar-refractivity contribution in [2.24, 2.45) is 11.3 Å². The van der Waals surface area contributed by atoms with E-state index in [4.69, 9.17) is 9.47 Å². The molecule has 0 radical (unpaired) electrons. The average Bonchev–Trinajstić information content (AvgIpc) is 2.66. The SMILES string of the molecule is CC(=O)OCC1=CC[C@@]2(C)CC[C@H](C(C)(C)OC(C)=O)C2=CC1. The summed E-state index contributed by atoms with van der Waals surface area (Å²) < 4.78 is 10.7. The van der Waals surface area contributed by atoms with Gasteiger partial charge in [0, 0.05) is 19.8 Å². The molecule has 2 aliphatic rings. The van der Waals surface area contributed by atoms with Crippen LogP contribution in [0.3, 0.4) is 0 Å². The van der Waals surface area contributed by atoms with Gasteiger partial charge in [-0.05, 0) is 50.5 Å². The van der Waals surface area contributed by atoms with E-state index < -0.39 is 5.60 Å². The van der Waals surface area contributed by atoms with Crippen LogP contribution in [-0.2, 0) is 19.1 Å². The minimum atomic E-state index is -0.490. The van der Waals surface area contributed by atoms with Crippen LogP contribution in [0.5, 0.6) is 0 Å². The quantitative estimate of drug-likeness (QED) is 0.581. The van der Waals surface area contributed by atoms with E-state index in [2.05, 4.69) is 19.1 Å². The van der Waals surface area contributed by atoms with Gasteiger partial charge in [0.2, 0.25) is 0 Å². The van der Waals surface area contributed by atoms with Crippen molar-refractivity contribution in [1.82, 2.24) is 0 Å². The van der Waals surface area contributed by atoms with Gasteiger partial charge in [-0.1, -0.05) is 24.6 Å². The van der Waals surface area contributed by atoms with Crippen molar-refractivity contribution >= 4 is 11.9 Å². The lowest BCUT2D eigenvalue weighted by atomic mass is 9.76. The number of allylic oxidation sites excluding steroid dienone is 2. The van der Waals surface area contributed by atoms with Crippen LogP contribution >= 0.6 is 0 Å². The van der Waals surface area contributed by atoms with Gasteiger partial charge in [0.25, 0.3) is 0 Å². The highest BCUT2D eigenvalue weighted by molar-refractivity contribution is 5.66. The third kappa shape index (κ3) is 4.04. The summed E-state index contributed by atoms with van der Waals surface area (Å²) in [6.45, 7) is 9.56. The Morgan fingerprint density at radius 1 is 1.26 bits per heavy atom. The molecule has 128 valence electrons. The van der Waals surface area contributed by atoms with Crippen molar-refractivity contribution in [3.63, 3.8) is 0 Å². The molecule has 0 saturated heterocycles. The predicted octanol–water partition coefficient (Wildman–Crippen LogP) is 3.95. The van der Waals surface area contributed by atoms with E-state index in [-0.39, 0.29) is 23.3 Å². The fourth-order valence-electron chi connectivity index (χ4n) is 3.96. The molecule has 0 aliphatic heterocycles. The summed E-state index contributed by atoms with van der Waals surface area (Å²) in [6.07, 6.45) is 8.35. The van der Waals surface area contributed by atoms with Crippen molar-refractivity contribution in [2.45, 2.75) is 65.9 Å². The fourth-order valence-corrected chi connectivity index (χ4v) is 3.96. The first-order chi connectivity index (χ1) is 10.6. The van der Waals surface area contributed by atoms with Crippen LogP contribution < -0.4 is 0 Å². The van der Waals surface area contributed by atoms with Crippen LogP contribution in [0.25, 0.3) is 0 Å². The Hall–Kier alpha value is -1.58. The molecule has 2 rings (SSSR count). The molecule has 0 amide bonds. The maximum absolute atomic E-state index is 11.4. The van der Waals surface area contributed by atoms with Gasteiger partial charge >= 0.3 is 11.9 Å². The highest BCUT2D eigenvalue weighted by Gasteiger charge is 2.47. The number of hydrogen-bond acceptors (Lipinski definition) is 4. The van der Waals surface area contributed by atoms with Gasteiger partial charge in [-0.25, -0.2) is 0 Å². The molecule has 0 aromatic heterocycles. The van der Waals surface area contributed by atoms with Crippen molar-refractivity contribution < 1.29 is 19.1 Å². The molecule has 23 heavy (non-hydrogen) atoms. The van der Waals surface area contributed by atoms with Gasteiger partial charge in [0.1, 0.15) is 12.2 Å². The standard InChI is InChI=1S/C19H28O4/c1-13(20)22-12-15-6-7-17-16(18(3,4)23-14(2)21)9-11-19(17,5)10-8-15/h7-8,16H,6,9-12H2,1-5H3/t16-,19-/m0/s1. The van der Waals surface area contributed by atoms with E-state index in [9.17, 15) is 9.59 Å². The lowest BCUT2D eigenvalue weighted by molar-refractivity contribution is -0.157. The van der Waals surface area contributed by atoms with E-state index in [1.807, 2.05) is 13.8 Å². The summed E-state index contributed by atoms with van der Waals surface area (Å²) in [5, 5.41) is 0. The van der Waals surface area contributed by atoms with Crippen molar-refractivity contribution in [3.05, 3.63) is 23.3 Å². The monoisotopic (exact) mass is 320 g/mol. The van der Waals surface area contributed by atoms with E-state index in [1.54, 1.807) is 0 Å². The van der Waals surface area contributed by atoms with Crippen LogP contribution in [0.15, 0.2) is 23.3 Å². The van der Waals surface area contributed by atoms with Crippen molar-refractivity contribution in [1.29, 1.82) is 0 Å². The first-order valence-corrected chi connectivity index (χ1v) is 8.35. The Morgan fingerprint density at radius 2 is 1.96 bits per heavy atom. The fraction of sp³-hybridized carbons (Fsp3) is 0.684. The second-order valence-corrected chi connectivity index (χ2v) is 7.56. The number of esters is 2. The average molecular weight is 320 g/mol. The highest BCUT2D eigenvalue weighted by atomic mass is 16.6. The van der Waals surface area contributed by atoms with Crippen LogP contribution in [0, 0.1) is 11.3 Å². The number of hydrogen-bond donors (Lipinski definition) is 0. The Bertz CT molecular complexity index is 556. The number of ether oxygens (including phenoxy) is 2. The molecule has 0 N–H and O–H groups in total. The molecular formula is C19H28O4. The van der Waals surface area contributed by atoms with Crippen LogP contribution in [0.2, 0.25) is 0 Å². The summed E-state index contributed by atoms with van der Waals surface area (Å²) in [5.74, 6) is -0.229. The molecule has 0 aromatic carbocycles. The zero-order valence-electron chi connectivity index (χ0n) is 14.9. The van der Waals surface area contributed by atoms with Gasteiger partial charge < -0.3 is 9.47 Å². The summed E-state index contributed by atoms with van der Waals surface area (Å²) >= 11 is 0. The Labute approximate surface area is 138 Å². The van der Waals surface area contributed by atoms with E-state index in [1.165, 1.54) is 19.4 Å². The topological polar surface area (TPSA) is 52.6 Å². The minimum Gasteiger partial charge on any atom is -0.461 e. The molecule has 0 spiro atoms. The number of fused-ring (bicyclic) bond motifs is 1. The first-order valence-electron chi connectivity index (χ1n) is 8.35. The van der Waals surface area contributed by atoms with E-state index in [0.717, 1.165) is 31.3 Å². The molecule has 4 heteroatoms. The predicted molar refractivity (Wildman–Crippen MR) is 88.7 cm³/mol. The van der Waals surface area contributed by atoms with Gasteiger partial charge in [0.15, 0.2) is 0 Å². The Balaban J connectivity index is 2.18. The smallest absolute Gasteiger partial charge is 0.303 e. The van der Waals surface area contributed by atoms with Gasteiger partial charge in [-0.3, -0.25) is 9.59 Å². The maximum Gasteiger partial charge on any atom is 0.303 e. The Kier molecular flexibility index (Phi) is 5.02. The van der Waals surface area contributed by atoms with Crippen LogP contribution in [0.4, 0.5) is 0 Å². The van der Waals surface area contributed by atoms with Crippen LogP contribution in [-0.4, -0.2) is 24.1 Å². The van der Waals surface area contributed by atoms with E-state index in [0.29, 0.717) is 6.61 Å². The highest BCUT2D eigenvalue weighted by Crippen LogP contribution is 2.54. The lowest BCUT2D eigenvalue weighted by Gasteiger charge is -2.35. The summed E-state index contributed by atoms with van der Waals surface area (Å²) in [4.78, 5) is 22.4. The molecule has 2 aliphatic carbocycles. The number of rotatable bonds is 4. The largest absolute Gasteiger partial charge is 0.461 e. The normalized spacial score (nSPS) is 27.4. The number of carbonyl (C=O) groups excluding carboxylic acids is 2.